The second-order valence-electron chi connectivity index (χ2n) is 5.05. The second kappa shape index (κ2) is 6.36. The summed E-state index contributed by atoms with van der Waals surface area (Å²) in [5, 5.41) is 19.5. The minimum absolute atomic E-state index is 0.0767. The van der Waals surface area contributed by atoms with E-state index in [4.69, 9.17) is 5.11 Å². The molecule has 6 heteroatoms. The zero-order valence-electron chi connectivity index (χ0n) is 11.2. The number of nitro groups is 1. The van der Waals surface area contributed by atoms with Crippen LogP contribution < -0.4 is 4.90 Å². The molecule has 0 bridgehead atoms. The number of aliphatic carboxylic acids is 1. The van der Waals surface area contributed by atoms with Gasteiger partial charge in [0.25, 0.3) is 5.69 Å². The summed E-state index contributed by atoms with van der Waals surface area (Å²) >= 11 is 0. The van der Waals surface area contributed by atoms with Crippen LogP contribution in [-0.2, 0) is 4.79 Å². The van der Waals surface area contributed by atoms with Gasteiger partial charge in [0.2, 0.25) is 0 Å². The third-order valence-corrected chi connectivity index (χ3v) is 3.71. The van der Waals surface area contributed by atoms with E-state index in [0.29, 0.717) is 6.42 Å². The van der Waals surface area contributed by atoms with Crippen LogP contribution in [0.15, 0.2) is 24.3 Å². The molecule has 1 aromatic rings. The van der Waals surface area contributed by atoms with Crippen LogP contribution in [0.5, 0.6) is 0 Å². The van der Waals surface area contributed by atoms with Crippen LogP contribution in [0.3, 0.4) is 0 Å². The fourth-order valence-electron chi connectivity index (χ4n) is 2.70. The van der Waals surface area contributed by atoms with Crippen LogP contribution >= 0.6 is 0 Å². The van der Waals surface area contributed by atoms with Gasteiger partial charge in [-0.2, -0.15) is 0 Å². The van der Waals surface area contributed by atoms with Crippen molar-refractivity contribution in [2.24, 2.45) is 0 Å². The standard InChI is InChI=1S/C14H18N2O4/c17-14(18)9-8-11-3-1-2-10-15(11)12-4-6-13(7-5-12)16(19)20/h4-7,11H,1-3,8-10H2,(H,17,18). The first-order valence-corrected chi connectivity index (χ1v) is 6.81. The van der Waals surface area contributed by atoms with Crippen molar-refractivity contribution in [2.45, 2.75) is 38.1 Å². The molecule has 1 aromatic carbocycles. The Balaban J connectivity index is 2.10. The molecule has 6 nitrogen and oxygen atoms in total. The highest BCUT2D eigenvalue weighted by atomic mass is 16.6. The lowest BCUT2D eigenvalue weighted by Gasteiger charge is -2.37. The maximum atomic E-state index is 10.7. The van der Waals surface area contributed by atoms with E-state index >= 15 is 0 Å². The summed E-state index contributed by atoms with van der Waals surface area (Å²) in [6.07, 6.45) is 3.93. The lowest BCUT2D eigenvalue weighted by Crippen LogP contribution is -2.39. The van der Waals surface area contributed by atoms with Crippen LogP contribution in [0.1, 0.15) is 32.1 Å². The largest absolute Gasteiger partial charge is 0.481 e. The van der Waals surface area contributed by atoms with Crippen molar-refractivity contribution in [1.29, 1.82) is 0 Å². The highest BCUT2D eigenvalue weighted by molar-refractivity contribution is 5.66. The van der Waals surface area contributed by atoms with Crippen molar-refractivity contribution in [1.82, 2.24) is 0 Å². The Morgan fingerprint density at radius 1 is 1.35 bits per heavy atom. The van der Waals surface area contributed by atoms with Gasteiger partial charge in [-0.1, -0.05) is 0 Å². The number of nitro benzene ring substituents is 1. The first kappa shape index (κ1) is 14.3. The monoisotopic (exact) mass is 278 g/mol. The molecule has 0 saturated carbocycles. The summed E-state index contributed by atoms with van der Waals surface area (Å²) in [6.45, 7) is 0.877. The number of non-ortho nitro benzene ring substituents is 1. The molecule has 1 atom stereocenters. The molecule has 20 heavy (non-hydrogen) atoms. The molecule has 0 spiro atoms. The molecule has 1 aliphatic rings. The number of anilines is 1. The molecule has 0 radical (unpaired) electrons. The maximum absolute atomic E-state index is 10.7. The second-order valence-corrected chi connectivity index (χ2v) is 5.05. The molecule has 108 valence electrons. The Labute approximate surface area is 117 Å². The first-order chi connectivity index (χ1) is 9.58. The molecule has 1 fully saturated rings. The molecule has 1 unspecified atom stereocenters. The zero-order valence-corrected chi connectivity index (χ0v) is 11.2. The predicted octanol–water partition coefficient (Wildman–Crippen LogP) is 2.82. The molecule has 0 aromatic heterocycles. The Bertz CT molecular complexity index is 486. The Kier molecular flexibility index (Phi) is 4.55. The van der Waals surface area contributed by atoms with Crippen molar-refractivity contribution in [2.75, 3.05) is 11.4 Å². The molecular weight excluding hydrogens is 260 g/mol. The van der Waals surface area contributed by atoms with Crippen LogP contribution in [-0.4, -0.2) is 28.6 Å². The van der Waals surface area contributed by atoms with Gasteiger partial charge in [-0.25, -0.2) is 0 Å². The van der Waals surface area contributed by atoms with Crippen LogP contribution in [0, 0.1) is 10.1 Å². The molecule has 2 rings (SSSR count). The molecule has 0 aliphatic carbocycles. The van der Waals surface area contributed by atoms with E-state index in [9.17, 15) is 14.9 Å². The van der Waals surface area contributed by atoms with E-state index in [1.54, 1.807) is 12.1 Å². The number of piperidine rings is 1. The van der Waals surface area contributed by atoms with Crippen molar-refractivity contribution in [3.8, 4) is 0 Å². The summed E-state index contributed by atoms with van der Waals surface area (Å²) in [5.41, 5.74) is 1.01. The molecule has 1 aliphatic heterocycles. The fraction of sp³-hybridized carbons (Fsp3) is 0.500. The van der Waals surface area contributed by atoms with E-state index < -0.39 is 10.9 Å². The maximum Gasteiger partial charge on any atom is 0.303 e. The lowest BCUT2D eigenvalue weighted by atomic mass is 9.97. The highest BCUT2D eigenvalue weighted by Gasteiger charge is 2.23. The smallest absolute Gasteiger partial charge is 0.303 e. The van der Waals surface area contributed by atoms with Gasteiger partial charge in [0.05, 0.1) is 4.92 Å². The van der Waals surface area contributed by atoms with Crippen LogP contribution in [0.2, 0.25) is 0 Å². The van der Waals surface area contributed by atoms with Gasteiger partial charge in [-0.05, 0) is 37.8 Å². The van der Waals surface area contributed by atoms with Gasteiger partial charge < -0.3 is 10.0 Å². The quantitative estimate of drug-likeness (QED) is 0.661. The number of hydrogen-bond donors (Lipinski definition) is 1. The minimum atomic E-state index is -0.778. The number of carboxylic acids is 1. The van der Waals surface area contributed by atoms with Gasteiger partial charge in [0.15, 0.2) is 0 Å². The number of carbonyl (C=O) groups is 1. The Morgan fingerprint density at radius 3 is 2.65 bits per heavy atom. The first-order valence-electron chi connectivity index (χ1n) is 6.81. The zero-order chi connectivity index (χ0) is 14.5. The number of carboxylic acid groups (broad SMARTS) is 1. The van der Waals surface area contributed by atoms with Gasteiger partial charge in [0.1, 0.15) is 0 Å². The number of hydrogen-bond acceptors (Lipinski definition) is 4. The Hall–Kier alpha value is -2.11. The van der Waals surface area contributed by atoms with E-state index in [0.717, 1.165) is 31.5 Å². The van der Waals surface area contributed by atoms with Gasteiger partial charge in [0, 0.05) is 36.8 Å². The predicted molar refractivity (Wildman–Crippen MR) is 75.0 cm³/mol. The fourth-order valence-corrected chi connectivity index (χ4v) is 2.70. The number of nitrogens with zero attached hydrogens (tertiary/aromatic N) is 2. The van der Waals surface area contributed by atoms with Gasteiger partial charge in [-0.3, -0.25) is 14.9 Å². The lowest BCUT2D eigenvalue weighted by molar-refractivity contribution is -0.384. The van der Waals surface area contributed by atoms with Crippen LogP contribution in [0.25, 0.3) is 0 Å². The summed E-state index contributed by atoms with van der Waals surface area (Å²) in [5.74, 6) is -0.778. The van der Waals surface area contributed by atoms with E-state index in [2.05, 4.69) is 4.90 Å². The van der Waals surface area contributed by atoms with Crippen molar-refractivity contribution in [3.63, 3.8) is 0 Å². The normalized spacial score (nSPS) is 18.8. The third-order valence-electron chi connectivity index (χ3n) is 3.71. The van der Waals surface area contributed by atoms with E-state index in [1.807, 2.05) is 0 Å². The number of rotatable bonds is 5. The topological polar surface area (TPSA) is 83.7 Å². The van der Waals surface area contributed by atoms with Crippen molar-refractivity contribution in [3.05, 3.63) is 34.4 Å². The molecule has 1 saturated heterocycles. The van der Waals surface area contributed by atoms with Crippen molar-refractivity contribution >= 4 is 17.3 Å². The van der Waals surface area contributed by atoms with Gasteiger partial charge in [-0.15, -0.1) is 0 Å². The minimum Gasteiger partial charge on any atom is -0.481 e. The SMILES string of the molecule is O=C(O)CCC1CCCCN1c1ccc([N+](=O)[O-])cc1. The average molecular weight is 278 g/mol. The summed E-state index contributed by atoms with van der Waals surface area (Å²) < 4.78 is 0. The van der Waals surface area contributed by atoms with E-state index in [-0.39, 0.29) is 18.2 Å². The molecule has 0 amide bonds. The Morgan fingerprint density at radius 2 is 2.05 bits per heavy atom. The molecule has 1 heterocycles. The highest BCUT2D eigenvalue weighted by Crippen LogP contribution is 2.28. The summed E-state index contributed by atoms with van der Waals surface area (Å²) in [6, 6.07) is 6.70. The number of benzene rings is 1. The summed E-state index contributed by atoms with van der Waals surface area (Å²) in [4.78, 5) is 23.1. The average Bonchev–Trinajstić information content (AvgIpc) is 2.45. The third kappa shape index (κ3) is 3.46. The van der Waals surface area contributed by atoms with Gasteiger partial charge >= 0.3 is 5.97 Å². The van der Waals surface area contributed by atoms with Crippen molar-refractivity contribution < 1.29 is 14.8 Å². The summed E-state index contributed by atoms with van der Waals surface area (Å²) in [7, 11) is 0. The van der Waals surface area contributed by atoms with E-state index in [1.165, 1.54) is 12.1 Å². The molecule has 1 N–H and O–H groups in total. The van der Waals surface area contributed by atoms with Crippen LogP contribution in [0.4, 0.5) is 11.4 Å². The molecular formula is C14H18N2O4.